The minimum absolute atomic E-state index is 0.163. The normalized spacial score (nSPS) is 17.5. The monoisotopic (exact) mass is 511 g/mol. The first kappa shape index (κ1) is 26.3. The lowest BCUT2D eigenvalue weighted by Gasteiger charge is -2.38. The fourth-order valence-electron chi connectivity index (χ4n) is 4.65. The van der Waals surface area contributed by atoms with Gasteiger partial charge in [0, 0.05) is 43.4 Å². The molecule has 1 aliphatic heterocycles. The van der Waals surface area contributed by atoms with Crippen molar-refractivity contribution in [3.05, 3.63) is 41.0 Å². The lowest BCUT2D eigenvalue weighted by atomic mass is 9.85. The maximum atomic E-state index is 14.3. The highest BCUT2D eigenvalue weighted by molar-refractivity contribution is 5.83. The molecule has 0 spiro atoms. The van der Waals surface area contributed by atoms with Gasteiger partial charge in [0.1, 0.15) is 11.6 Å². The lowest BCUT2D eigenvalue weighted by molar-refractivity contribution is -0.131. The van der Waals surface area contributed by atoms with Crippen LogP contribution in [0.1, 0.15) is 49.4 Å². The zero-order chi connectivity index (χ0) is 26.9. The molecule has 4 heterocycles. The van der Waals surface area contributed by atoms with Gasteiger partial charge in [0.2, 0.25) is 11.8 Å². The summed E-state index contributed by atoms with van der Waals surface area (Å²) in [4.78, 5) is 27.9. The SMILES string of the molecule is COc1cc([C@@H](C)C(=O)N(C)CC[C@@]2(C)CCc3cc(-c4nc(OC)n(C)n4)c(C)nc3N2)c(F)cn1. The van der Waals surface area contributed by atoms with Gasteiger partial charge in [0.05, 0.1) is 32.0 Å². The minimum atomic E-state index is -0.656. The first-order valence-electron chi connectivity index (χ1n) is 12.2. The maximum absolute atomic E-state index is 14.3. The molecule has 11 heteroatoms. The first-order valence-corrected chi connectivity index (χ1v) is 12.2. The highest BCUT2D eigenvalue weighted by Crippen LogP contribution is 2.35. The number of nitrogens with one attached hydrogen (secondary N) is 1. The summed E-state index contributed by atoms with van der Waals surface area (Å²) < 4.78 is 26.3. The molecule has 1 aliphatic rings. The number of hydrogen-bond donors (Lipinski definition) is 1. The molecule has 0 radical (unpaired) electrons. The highest BCUT2D eigenvalue weighted by atomic mass is 19.1. The third-order valence-corrected chi connectivity index (χ3v) is 7.09. The van der Waals surface area contributed by atoms with Crippen molar-refractivity contribution >= 4 is 11.7 Å². The van der Waals surface area contributed by atoms with Crippen molar-refractivity contribution < 1.29 is 18.7 Å². The van der Waals surface area contributed by atoms with Gasteiger partial charge in [-0.05, 0) is 51.7 Å². The van der Waals surface area contributed by atoms with Crippen molar-refractivity contribution in [1.29, 1.82) is 0 Å². The Balaban J connectivity index is 1.43. The molecule has 10 nitrogen and oxygen atoms in total. The Bertz CT molecular complexity index is 1310. The van der Waals surface area contributed by atoms with Crippen molar-refractivity contribution in [3.63, 3.8) is 0 Å². The number of aryl methyl sites for hydroxylation is 3. The average Bonchev–Trinajstić information content (AvgIpc) is 3.26. The molecule has 0 aliphatic carbocycles. The molecule has 0 fully saturated rings. The fourth-order valence-corrected chi connectivity index (χ4v) is 4.65. The van der Waals surface area contributed by atoms with Crippen molar-refractivity contribution in [2.45, 2.75) is 51.5 Å². The summed E-state index contributed by atoms with van der Waals surface area (Å²) in [6.45, 7) is 6.29. The number of anilines is 1. The second kappa shape index (κ2) is 10.3. The van der Waals surface area contributed by atoms with E-state index in [1.807, 2.05) is 6.92 Å². The Morgan fingerprint density at radius 2 is 2.05 bits per heavy atom. The Morgan fingerprint density at radius 1 is 1.30 bits per heavy atom. The Labute approximate surface area is 216 Å². The topological polar surface area (TPSA) is 107 Å². The summed E-state index contributed by atoms with van der Waals surface area (Å²) in [6, 6.07) is 4.01. The van der Waals surface area contributed by atoms with E-state index in [9.17, 15) is 9.18 Å². The summed E-state index contributed by atoms with van der Waals surface area (Å²) >= 11 is 0. The van der Waals surface area contributed by atoms with E-state index in [4.69, 9.17) is 14.5 Å². The molecule has 3 aromatic heterocycles. The number of nitrogens with zero attached hydrogens (tertiary/aromatic N) is 6. The van der Waals surface area contributed by atoms with Crippen LogP contribution < -0.4 is 14.8 Å². The third kappa shape index (κ3) is 5.35. The van der Waals surface area contributed by atoms with Crippen LogP contribution in [0.4, 0.5) is 10.2 Å². The molecule has 198 valence electrons. The molecule has 4 rings (SSSR count). The lowest BCUT2D eigenvalue weighted by Crippen LogP contribution is -2.43. The van der Waals surface area contributed by atoms with Crippen molar-refractivity contribution in [1.82, 2.24) is 29.6 Å². The number of pyridine rings is 2. The van der Waals surface area contributed by atoms with E-state index in [2.05, 4.69) is 33.4 Å². The van der Waals surface area contributed by atoms with Gasteiger partial charge in [-0.1, -0.05) is 0 Å². The first-order chi connectivity index (χ1) is 17.5. The number of fused-ring (bicyclic) bond motifs is 1. The summed E-state index contributed by atoms with van der Waals surface area (Å²) in [5.74, 6) is 0.359. The van der Waals surface area contributed by atoms with Gasteiger partial charge in [0.25, 0.3) is 0 Å². The highest BCUT2D eigenvalue weighted by Gasteiger charge is 2.32. The smallest absolute Gasteiger partial charge is 0.314 e. The number of ether oxygens (including phenoxy) is 2. The van der Waals surface area contributed by atoms with E-state index >= 15 is 0 Å². The maximum Gasteiger partial charge on any atom is 0.314 e. The van der Waals surface area contributed by atoms with Crippen LogP contribution in [0.5, 0.6) is 11.9 Å². The van der Waals surface area contributed by atoms with Crippen LogP contribution in [0.2, 0.25) is 0 Å². The van der Waals surface area contributed by atoms with Crippen LogP contribution in [0.25, 0.3) is 11.4 Å². The second-order valence-corrected chi connectivity index (χ2v) is 9.84. The second-order valence-electron chi connectivity index (χ2n) is 9.84. The largest absolute Gasteiger partial charge is 0.481 e. The molecule has 1 amide bonds. The van der Waals surface area contributed by atoms with Gasteiger partial charge in [-0.2, -0.15) is 4.98 Å². The number of carbonyl (C=O) groups is 1. The molecule has 1 N–H and O–H groups in total. The van der Waals surface area contributed by atoms with Crippen LogP contribution >= 0.6 is 0 Å². The molecule has 3 aromatic rings. The molecule has 0 saturated heterocycles. The molecular weight excluding hydrogens is 477 g/mol. The predicted molar refractivity (Wildman–Crippen MR) is 137 cm³/mol. The summed E-state index contributed by atoms with van der Waals surface area (Å²) in [7, 11) is 6.56. The Morgan fingerprint density at radius 3 is 2.73 bits per heavy atom. The van der Waals surface area contributed by atoms with E-state index in [-0.39, 0.29) is 22.9 Å². The minimum Gasteiger partial charge on any atom is -0.481 e. The van der Waals surface area contributed by atoms with Crippen molar-refractivity contribution in [2.75, 3.05) is 33.1 Å². The fraction of sp³-hybridized carbons (Fsp3) is 0.500. The number of halogens is 1. The average molecular weight is 512 g/mol. The predicted octanol–water partition coefficient (Wildman–Crippen LogP) is 3.51. The molecule has 0 aromatic carbocycles. The molecular formula is C26H34FN7O3. The van der Waals surface area contributed by atoms with Gasteiger partial charge < -0.3 is 19.7 Å². The quantitative estimate of drug-likeness (QED) is 0.490. The molecule has 0 saturated carbocycles. The van der Waals surface area contributed by atoms with Crippen LogP contribution in [0.15, 0.2) is 18.3 Å². The van der Waals surface area contributed by atoms with Crippen LogP contribution in [0.3, 0.4) is 0 Å². The molecule has 37 heavy (non-hydrogen) atoms. The van der Waals surface area contributed by atoms with Gasteiger partial charge in [-0.3, -0.25) is 4.79 Å². The number of rotatable bonds is 8. The van der Waals surface area contributed by atoms with Gasteiger partial charge >= 0.3 is 6.01 Å². The van der Waals surface area contributed by atoms with Gasteiger partial charge in [0.15, 0.2) is 5.82 Å². The van der Waals surface area contributed by atoms with Gasteiger partial charge in [-0.25, -0.2) is 19.0 Å². The van der Waals surface area contributed by atoms with Crippen molar-refractivity contribution in [2.24, 2.45) is 7.05 Å². The number of methoxy groups -OCH3 is 2. The van der Waals surface area contributed by atoms with E-state index in [1.165, 1.54) is 13.2 Å². The summed E-state index contributed by atoms with van der Waals surface area (Å²) in [5.41, 5.74) is 2.82. The van der Waals surface area contributed by atoms with E-state index in [1.54, 1.807) is 37.7 Å². The summed E-state index contributed by atoms with van der Waals surface area (Å²) in [5, 5.41) is 8.05. The Kier molecular flexibility index (Phi) is 7.33. The standard InChI is InChI=1S/C26H34FN7O3/c1-15(18-13-21(36-6)28-14-20(18)27)24(35)33(4)11-10-26(3)9-8-17-12-19(16(2)29-22(17)31-26)23-30-25(37-7)34(5)32-23/h12-15H,8-11H2,1-7H3,(H,29,31)/t15-,26-/m1/s1. The summed E-state index contributed by atoms with van der Waals surface area (Å²) in [6.07, 6.45) is 3.50. The number of likely N-dealkylation sites (N-methyl/N-ethyl adjacent to an activating group) is 1. The van der Waals surface area contributed by atoms with E-state index in [0.29, 0.717) is 24.8 Å². The number of amides is 1. The van der Waals surface area contributed by atoms with E-state index in [0.717, 1.165) is 41.7 Å². The zero-order valence-corrected chi connectivity index (χ0v) is 22.4. The number of hydrogen-bond acceptors (Lipinski definition) is 8. The number of aromatic nitrogens is 5. The molecule has 2 atom stereocenters. The molecule has 0 bridgehead atoms. The van der Waals surface area contributed by atoms with Crippen molar-refractivity contribution in [3.8, 4) is 23.3 Å². The van der Waals surface area contributed by atoms with Crippen LogP contribution in [0, 0.1) is 12.7 Å². The van der Waals surface area contributed by atoms with Crippen LogP contribution in [-0.4, -0.2) is 68.9 Å². The Hall–Kier alpha value is -3.76. The zero-order valence-electron chi connectivity index (χ0n) is 22.4. The third-order valence-electron chi connectivity index (χ3n) is 7.09. The van der Waals surface area contributed by atoms with Crippen LogP contribution in [-0.2, 0) is 18.3 Å². The van der Waals surface area contributed by atoms with Gasteiger partial charge in [-0.15, -0.1) is 5.10 Å². The number of carbonyl (C=O) groups excluding carboxylic acids is 1. The van der Waals surface area contributed by atoms with E-state index < -0.39 is 11.7 Å². The molecule has 0 unspecified atom stereocenters.